The molecule has 1 fully saturated rings. The lowest BCUT2D eigenvalue weighted by Gasteiger charge is -2.22. The summed E-state index contributed by atoms with van der Waals surface area (Å²) in [6.07, 6.45) is 2.94. The first kappa shape index (κ1) is 12.5. The van der Waals surface area contributed by atoms with Gasteiger partial charge < -0.3 is 9.32 Å². The van der Waals surface area contributed by atoms with Crippen molar-refractivity contribution in [2.75, 3.05) is 20.1 Å². The zero-order valence-corrected chi connectivity index (χ0v) is 11.3. The van der Waals surface area contributed by atoms with E-state index in [-0.39, 0.29) is 6.04 Å². The Morgan fingerprint density at radius 1 is 1.21 bits per heavy atom. The molecule has 0 radical (unpaired) electrons. The lowest BCUT2D eigenvalue weighted by molar-refractivity contribution is 0.374. The second kappa shape index (κ2) is 5.59. The van der Waals surface area contributed by atoms with Crippen LogP contribution >= 0.6 is 0 Å². The van der Waals surface area contributed by atoms with Gasteiger partial charge in [-0.2, -0.15) is 0 Å². The third-order valence-electron chi connectivity index (χ3n) is 3.75. The fourth-order valence-corrected chi connectivity index (χ4v) is 2.75. The summed E-state index contributed by atoms with van der Waals surface area (Å²) in [5, 5.41) is 3.73. The maximum Gasteiger partial charge on any atom is 0.125 e. The lowest BCUT2D eigenvalue weighted by atomic mass is 10.0. The summed E-state index contributed by atoms with van der Waals surface area (Å²) < 4.78 is 5.61. The molecular formula is C16H20N2O. The quantitative estimate of drug-likeness (QED) is 0.911. The molecule has 2 unspecified atom stereocenters. The summed E-state index contributed by atoms with van der Waals surface area (Å²) in [6.45, 7) is 2.27. The summed E-state index contributed by atoms with van der Waals surface area (Å²) in [5.41, 5.74) is 1.26. The highest BCUT2D eigenvalue weighted by Crippen LogP contribution is 2.24. The van der Waals surface area contributed by atoms with Crippen LogP contribution in [-0.4, -0.2) is 31.1 Å². The summed E-state index contributed by atoms with van der Waals surface area (Å²) in [7, 11) is 2.17. The van der Waals surface area contributed by atoms with E-state index < -0.39 is 0 Å². The lowest BCUT2D eigenvalue weighted by Crippen LogP contribution is -2.35. The van der Waals surface area contributed by atoms with E-state index in [4.69, 9.17) is 4.42 Å². The van der Waals surface area contributed by atoms with Crippen LogP contribution in [0.4, 0.5) is 0 Å². The van der Waals surface area contributed by atoms with Crippen molar-refractivity contribution in [3.63, 3.8) is 0 Å². The minimum Gasteiger partial charge on any atom is -0.467 e. The first-order valence-corrected chi connectivity index (χ1v) is 6.86. The van der Waals surface area contributed by atoms with Crippen LogP contribution in [0.1, 0.15) is 23.8 Å². The van der Waals surface area contributed by atoms with E-state index in [0.29, 0.717) is 6.04 Å². The van der Waals surface area contributed by atoms with E-state index in [2.05, 4.69) is 41.5 Å². The molecule has 0 saturated carbocycles. The molecule has 0 spiro atoms. The molecule has 19 heavy (non-hydrogen) atoms. The molecule has 1 aliphatic heterocycles. The van der Waals surface area contributed by atoms with Gasteiger partial charge in [0.05, 0.1) is 12.3 Å². The minimum absolute atomic E-state index is 0.146. The van der Waals surface area contributed by atoms with E-state index in [9.17, 15) is 0 Å². The molecule has 1 aliphatic rings. The van der Waals surface area contributed by atoms with E-state index in [1.807, 2.05) is 18.2 Å². The maximum absolute atomic E-state index is 5.61. The van der Waals surface area contributed by atoms with Crippen molar-refractivity contribution in [2.45, 2.75) is 18.5 Å². The van der Waals surface area contributed by atoms with Gasteiger partial charge >= 0.3 is 0 Å². The number of likely N-dealkylation sites (tertiary alicyclic amines) is 1. The number of furan rings is 1. The molecule has 3 heteroatoms. The number of nitrogens with zero attached hydrogens (tertiary/aromatic N) is 1. The van der Waals surface area contributed by atoms with Crippen LogP contribution in [0.2, 0.25) is 0 Å². The zero-order chi connectivity index (χ0) is 13.1. The van der Waals surface area contributed by atoms with Gasteiger partial charge in [-0.05, 0) is 37.7 Å². The van der Waals surface area contributed by atoms with Crippen LogP contribution in [0.15, 0.2) is 53.1 Å². The number of nitrogens with one attached hydrogen (secondary N) is 1. The Morgan fingerprint density at radius 2 is 2.05 bits per heavy atom. The Balaban J connectivity index is 1.81. The van der Waals surface area contributed by atoms with Gasteiger partial charge in [-0.1, -0.05) is 30.3 Å². The SMILES string of the molecule is CN1CCC(NC(c2ccccc2)c2ccco2)C1. The van der Waals surface area contributed by atoms with Gasteiger partial charge in [0.25, 0.3) is 0 Å². The molecule has 1 aromatic heterocycles. The number of rotatable bonds is 4. The number of hydrogen-bond donors (Lipinski definition) is 1. The average Bonchev–Trinajstić information content (AvgIpc) is 3.08. The molecule has 0 bridgehead atoms. The Labute approximate surface area is 114 Å². The first-order valence-electron chi connectivity index (χ1n) is 6.86. The number of benzene rings is 1. The molecule has 2 heterocycles. The van der Waals surface area contributed by atoms with Crippen LogP contribution in [0.5, 0.6) is 0 Å². The van der Waals surface area contributed by atoms with Crippen LogP contribution < -0.4 is 5.32 Å². The molecule has 2 atom stereocenters. The van der Waals surface area contributed by atoms with Crippen LogP contribution in [0, 0.1) is 0 Å². The van der Waals surface area contributed by atoms with Crippen molar-refractivity contribution in [3.05, 3.63) is 60.1 Å². The summed E-state index contributed by atoms with van der Waals surface area (Å²) in [6, 6.07) is 15.2. The van der Waals surface area contributed by atoms with Crippen LogP contribution in [-0.2, 0) is 0 Å². The molecule has 2 aromatic rings. The van der Waals surface area contributed by atoms with Crippen molar-refractivity contribution in [2.24, 2.45) is 0 Å². The summed E-state index contributed by atoms with van der Waals surface area (Å²) in [5.74, 6) is 0.987. The second-order valence-electron chi connectivity index (χ2n) is 5.27. The van der Waals surface area contributed by atoms with E-state index in [0.717, 1.165) is 18.8 Å². The summed E-state index contributed by atoms with van der Waals surface area (Å²) in [4.78, 5) is 2.36. The molecular weight excluding hydrogens is 236 g/mol. The van der Waals surface area contributed by atoms with Crippen molar-refractivity contribution in [3.8, 4) is 0 Å². The van der Waals surface area contributed by atoms with Gasteiger partial charge in [0.15, 0.2) is 0 Å². The zero-order valence-electron chi connectivity index (χ0n) is 11.3. The molecule has 1 N–H and O–H groups in total. The van der Waals surface area contributed by atoms with Crippen molar-refractivity contribution < 1.29 is 4.42 Å². The highest BCUT2D eigenvalue weighted by Gasteiger charge is 2.25. The Hall–Kier alpha value is -1.58. The van der Waals surface area contributed by atoms with E-state index in [1.165, 1.54) is 12.0 Å². The van der Waals surface area contributed by atoms with Gasteiger partial charge in [-0.25, -0.2) is 0 Å². The molecule has 0 aliphatic carbocycles. The van der Waals surface area contributed by atoms with Gasteiger partial charge in [0, 0.05) is 12.6 Å². The standard InChI is InChI=1S/C16H20N2O/c1-18-10-9-14(12-18)17-16(15-8-5-11-19-15)13-6-3-2-4-7-13/h2-8,11,14,16-17H,9-10,12H2,1H3. The van der Waals surface area contributed by atoms with Crippen molar-refractivity contribution in [1.29, 1.82) is 0 Å². The molecule has 0 amide bonds. The normalized spacial score (nSPS) is 21.6. The van der Waals surface area contributed by atoms with E-state index >= 15 is 0 Å². The monoisotopic (exact) mass is 256 g/mol. The summed E-state index contributed by atoms with van der Waals surface area (Å²) >= 11 is 0. The van der Waals surface area contributed by atoms with Crippen molar-refractivity contribution >= 4 is 0 Å². The third-order valence-corrected chi connectivity index (χ3v) is 3.75. The highest BCUT2D eigenvalue weighted by atomic mass is 16.3. The third kappa shape index (κ3) is 2.88. The maximum atomic E-state index is 5.61. The Bertz CT molecular complexity index is 495. The van der Waals surface area contributed by atoms with Gasteiger partial charge in [0.2, 0.25) is 0 Å². The minimum atomic E-state index is 0.146. The molecule has 1 aromatic carbocycles. The Kier molecular flexibility index (Phi) is 3.67. The molecule has 1 saturated heterocycles. The predicted octanol–water partition coefficient (Wildman–Crippen LogP) is 2.66. The Morgan fingerprint density at radius 3 is 2.68 bits per heavy atom. The largest absolute Gasteiger partial charge is 0.467 e. The highest BCUT2D eigenvalue weighted by molar-refractivity contribution is 5.26. The number of hydrogen-bond acceptors (Lipinski definition) is 3. The molecule has 100 valence electrons. The average molecular weight is 256 g/mol. The first-order chi connectivity index (χ1) is 9.33. The smallest absolute Gasteiger partial charge is 0.125 e. The van der Waals surface area contributed by atoms with Gasteiger partial charge in [-0.3, -0.25) is 5.32 Å². The number of likely N-dealkylation sites (N-methyl/N-ethyl adjacent to an activating group) is 1. The fourth-order valence-electron chi connectivity index (χ4n) is 2.75. The molecule has 3 rings (SSSR count). The topological polar surface area (TPSA) is 28.4 Å². The molecule has 3 nitrogen and oxygen atoms in total. The predicted molar refractivity (Wildman–Crippen MR) is 76.0 cm³/mol. The second-order valence-corrected chi connectivity index (χ2v) is 5.27. The van der Waals surface area contributed by atoms with Crippen molar-refractivity contribution in [1.82, 2.24) is 10.2 Å². The van der Waals surface area contributed by atoms with Crippen LogP contribution in [0.3, 0.4) is 0 Å². The van der Waals surface area contributed by atoms with Crippen LogP contribution in [0.25, 0.3) is 0 Å². The van der Waals surface area contributed by atoms with Gasteiger partial charge in [0.1, 0.15) is 5.76 Å². The fraction of sp³-hybridized carbons (Fsp3) is 0.375. The van der Waals surface area contributed by atoms with Gasteiger partial charge in [-0.15, -0.1) is 0 Å². The van der Waals surface area contributed by atoms with E-state index in [1.54, 1.807) is 6.26 Å².